The molecule has 2 aromatic carbocycles. The minimum Gasteiger partial charge on any atom is -0.493 e. The molecule has 0 saturated carbocycles. The monoisotopic (exact) mass is 325 g/mol. The summed E-state index contributed by atoms with van der Waals surface area (Å²) in [5.41, 5.74) is 1.64. The topological polar surface area (TPSA) is 47.6 Å². The molecule has 24 heavy (non-hydrogen) atoms. The van der Waals surface area contributed by atoms with Gasteiger partial charge in [-0.25, -0.2) is 0 Å². The van der Waals surface area contributed by atoms with Crippen LogP contribution in [0.1, 0.15) is 42.2 Å². The van der Waals surface area contributed by atoms with Crippen LogP contribution in [-0.4, -0.2) is 19.1 Å². The van der Waals surface area contributed by atoms with Crippen molar-refractivity contribution in [2.24, 2.45) is 5.92 Å². The first kappa shape index (κ1) is 16.4. The zero-order valence-corrected chi connectivity index (χ0v) is 14.1. The lowest BCUT2D eigenvalue weighted by atomic mass is 10.00. The average Bonchev–Trinajstić information content (AvgIpc) is 2.60. The zero-order valence-electron chi connectivity index (χ0n) is 14.1. The third kappa shape index (κ3) is 3.88. The van der Waals surface area contributed by atoms with Gasteiger partial charge in [0, 0.05) is 17.5 Å². The van der Waals surface area contributed by atoms with Gasteiger partial charge in [-0.3, -0.25) is 4.79 Å². The molecule has 4 nitrogen and oxygen atoms in total. The van der Waals surface area contributed by atoms with Crippen LogP contribution < -0.4 is 14.8 Å². The lowest BCUT2D eigenvalue weighted by Gasteiger charge is -2.26. The second-order valence-corrected chi connectivity index (χ2v) is 6.43. The highest BCUT2D eigenvalue weighted by Gasteiger charge is 2.23. The number of carbonyl (C=O) groups excluding carboxylic acids is 1. The van der Waals surface area contributed by atoms with Gasteiger partial charge in [-0.2, -0.15) is 0 Å². The summed E-state index contributed by atoms with van der Waals surface area (Å²) in [6.07, 6.45) is 0.770. The molecule has 0 fully saturated rings. The fraction of sp³-hybridized carbons (Fsp3) is 0.350. The Labute approximate surface area is 142 Å². The summed E-state index contributed by atoms with van der Waals surface area (Å²) >= 11 is 0. The lowest BCUT2D eigenvalue weighted by Crippen LogP contribution is -2.32. The molecule has 0 aromatic heterocycles. The Morgan fingerprint density at radius 2 is 2.08 bits per heavy atom. The first-order valence-corrected chi connectivity index (χ1v) is 8.39. The first-order valence-electron chi connectivity index (χ1n) is 8.39. The molecule has 1 unspecified atom stereocenters. The number of fused-ring (bicyclic) bond motifs is 1. The van der Waals surface area contributed by atoms with Crippen LogP contribution in [0.25, 0.3) is 0 Å². The number of ether oxygens (including phenoxy) is 2. The molecule has 3 rings (SSSR count). The molecule has 4 heteroatoms. The van der Waals surface area contributed by atoms with Gasteiger partial charge in [0.2, 0.25) is 0 Å². The van der Waals surface area contributed by atoms with Crippen molar-refractivity contribution in [2.45, 2.75) is 26.3 Å². The van der Waals surface area contributed by atoms with E-state index >= 15 is 0 Å². The summed E-state index contributed by atoms with van der Waals surface area (Å²) in [6, 6.07) is 15.2. The van der Waals surface area contributed by atoms with Gasteiger partial charge >= 0.3 is 0 Å². The summed E-state index contributed by atoms with van der Waals surface area (Å²) < 4.78 is 11.3. The van der Waals surface area contributed by atoms with Crippen molar-refractivity contribution in [1.29, 1.82) is 0 Å². The van der Waals surface area contributed by atoms with Crippen LogP contribution in [0.5, 0.6) is 11.5 Å². The van der Waals surface area contributed by atoms with Gasteiger partial charge in [0.25, 0.3) is 5.91 Å². The van der Waals surface area contributed by atoms with E-state index < -0.39 is 0 Å². The summed E-state index contributed by atoms with van der Waals surface area (Å²) in [6.45, 7) is 5.44. The number of hydrogen-bond donors (Lipinski definition) is 1. The summed E-state index contributed by atoms with van der Waals surface area (Å²) in [7, 11) is 0. The van der Waals surface area contributed by atoms with E-state index in [0.717, 1.165) is 23.5 Å². The van der Waals surface area contributed by atoms with Gasteiger partial charge in [-0.05, 0) is 30.2 Å². The number of benzene rings is 2. The molecule has 1 aliphatic rings. The quantitative estimate of drug-likeness (QED) is 0.904. The maximum Gasteiger partial charge on any atom is 0.251 e. The van der Waals surface area contributed by atoms with Gasteiger partial charge in [0.05, 0.1) is 19.3 Å². The Morgan fingerprint density at radius 3 is 2.92 bits per heavy atom. The first-order chi connectivity index (χ1) is 11.6. The number of carbonyl (C=O) groups is 1. The second-order valence-electron chi connectivity index (χ2n) is 6.43. The smallest absolute Gasteiger partial charge is 0.251 e. The number of rotatable bonds is 5. The molecule has 2 aromatic rings. The minimum absolute atomic E-state index is 0.0253. The zero-order chi connectivity index (χ0) is 16.9. The molecule has 0 spiro atoms. The Bertz CT molecular complexity index is 712. The number of para-hydroxylation sites is 1. The normalized spacial score (nSPS) is 16.2. The summed E-state index contributed by atoms with van der Waals surface area (Å²) in [5.74, 6) is 1.93. The predicted octanol–water partition coefficient (Wildman–Crippen LogP) is 3.98. The van der Waals surface area contributed by atoms with Crippen LogP contribution in [0.15, 0.2) is 48.5 Å². The average molecular weight is 325 g/mol. The fourth-order valence-corrected chi connectivity index (χ4v) is 2.72. The van der Waals surface area contributed by atoms with Gasteiger partial charge in [-0.15, -0.1) is 0 Å². The van der Waals surface area contributed by atoms with Crippen molar-refractivity contribution in [3.8, 4) is 11.5 Å². The highest BCUT2D eigenvalue weighted by molar-refractivity contribution is 5.94. The molecular weight excluding hydrogens is 302 g/mol. The molecule has 0 bridgehead atoms. The van der Waals surface area contributed by atoms with Crippen molar-refractivity contribution < 1.29 is 14.3 Å². The molecular formula is C20H23NO3. The standard InChI is InChI=1S/C20H23NO3/c1-14(2)13-24-16-7-5-6-15(12-16)20(22)21-18-10-11-23-19-9-4-3-8-17(18)19/h3-9,12,14,18H,10-11,13H2,1-2H3,(H,21,22). The largest absolute Gasteiger partial charge is 0.493 e. The van der Waals surface area contributed by atoms with Gasteiger partial charge in [-0.1, -0.05) is 38.1 Å². The van der Waals surface area contributed by atoms with Crippen molar-refractivity contribution in [1.82, 2.24) is 5.32 Å². The molecule has 126 valence electrons. The number of hydrogen-bond acceptors (Lipinski definition) is 3. The van der Waals surface area contributed by atoms with Crippen LogP contribution in [0.2, 0.25) is 0 Å². The number of amides is 1. The Kier molecular flexibility index (Phi) is 5.04. The Balaban J connectivity index is 1.71. The fourth-order valence-electron chi connectivity index (χ4n) is 2.72. The second kappa shape index (κ2) is 7.39. The van der Waals surface area contributed by atoms with Crippen molar-refractivity contribution in [3.05, 3.63) is 59.7 Å². The van der Waals surface area contributed by atoms with E-state index in [1.54, 1.807) is 6.07 Å². The van der Waals surface area contributed by atoms with Crippen LogP contribution in [0.4, 0.5) is 0 Å². The van der Waals surface area contributed by atoms with Crippen LogP contribution in [0, 0.1) is 5.92 Å². The van der Waals surface area contributed by atoms with Crippen LogP contribution >= 0.6 is 0 Å². The lowest BCUT2D eigenvalue weighted by molar-refractivity contribution is 0.0924. The predicted molar refractivity (Wildman–Crippen MR) is 93.5 cm³/mol. The molecule has 0 saturated heterocycles. The highest BCUT2D eigenvalue weighted by Crippen LogP contribution is 2.31. The van der Waals surface area contributed by atoms with E-state index in [4.69, 9.17) is 9.47 Å². The third-order valence-electron chi connectivity index (χ3n) is 3.94. The van der Waals surface area contributed by atoms with E-state index in [9.17, 15) is 4.79 Å². The molecule has 1 N–H and O–H groups in total. The minimum atomic E-state index is -0.0910. The van der Waals surface area contributed by atoms with Crippen LogP contribution in [0.3, 0.4) is 0 Å². The van der Waals surface area contributed by atoms with E-state index in [-0.39, 0.29) is 11.9 Å². The van der Waals surface area contributed by atoms with E-state index in [1.165, 1.54) is 0 Å². The summed E-state index contributed by atoms with van der Waals surface area (Å²) in [4.78, 5) is 12.6. The molecule has 1 heterocycles. The number of nitrogens with one attached hydrogen (secondary N) is 1. The summed E-state index contributed by atoms with van der Waals surface area (Å²) in [5, 5.41) is 3.11. The van der Waals surface area contributed by atoms with Crippen molar-refractivity contribution in [3.63, 3.8) is 0 Å². The molecule has 0 radical (unpaired) electrons. The van der Waals surface area contributed by atoms with Crippen molar-refractivity contribution in [2.75, 3.05) is 13.2 Å². The highest BCUT2D eigenvalue weighted by atomic mass is 16.5. The van der Waals surface area contributed by atoms with E-state index in [2.05, 4.69) is 19.2 Å². The van der Waals surface area contributed by atoms with E-state index in [0.29, 0.717) is 24.7 Å². The van der Waals surface area contributed by atoms with Gasteiger partial charge < -0.3 is 14.8 Å². The maximum absolute atomic E-state index is 12.6. The molecule has 1 amide bonds. The Hall–Kier alpha value is -2.49. The van der Waals surface area contributed by atoms with E-state index in [1.807, 2.05) is 42.5 Å². The van der Waals surface area contributed by atoms with Crippen LogP contribution in [-0.2, 0) is 0 Å². The van der Waals surface area contributed by atoms with Crippen molar-refractivity contribution >= 4 is 5.91 Å². The van der Waals surface area contributed by atoms with Gasteiger partial charge in [0.15, 0.2) is 0 Å². The Morgan fingerprint density at radius 1 is 1.25 bits per heavy atom. The SMILES string of the molecule is CC(C)COc1cccc(C(=O)NC2CCOc3ccccc32)c1. The molecule has 1 aliphatic heterocycles. The molecule has 0 aliphatic carbocycles. The maximum atomic E-state index is 12.6. The van der Waals surface area contributed by atoms with Gasteiger partial charge in [0.1, 0.15) is 11.5 Å². The third-order valence-corrected chi connectivity index (χ3v) is 3.94. The molecule has 1 atom stereocenters.